The molecular formula is C31H31N5O2. The maximum absolute atomic E-state index is 12.8. The molecule has 7 heteroatoms. The Hall–Kier alpha value is -4.70. The number of nitrogens with zero attached hydrogens (tertiary/aromatic N) is 4. The van der Waals surface area contributed by atoms with Crippen LogP contribution >= 0.6 is 0 Å². The van der Waals surface area contributed by atoms with Crippen molar-refractivity contribution < 1.29 is 9.53 Å². The largest absolute Gasteiger partial charge is 0.494 e. The van der Waals surface area contributed by atoms with Gasteiger partial charge in [0.05, 0.1) is 18.0 Å². The van der Waals surface area contributed by atoms with Crippen molar-refractivity contribution in [1.82, 2.24) is 20.1 Å². The van der Waals surface area contributed by atoms with Gasteiger partial charge < -0.3 is 10.1 Å². The van der Waals surface area contributed by atoms with E-state index in [0.29, 0.717) is 17.9 Å². The lowest BCUT2D eigenvalue weighted by Crippen LogP contribution is -2.24. The molecule has 4 rings (SSSR count). The first-order valence-electron chi connectivity index (χ1n) is 12.8. The van der Waals surface area contributed by atoms with Crippen molar-refractivity contribution in [2.24, 2.45) is 0 Å². The number of amides is 1. The number of para-hydroxylation sites is 1. The minimum absolute atomic E-state index is 0.00483. The first kappa shape index (κ1) is 26.4. The predicted molar refractivity (Wildman–Crippen MR) is 148 cm³/mol. The number of hydrogen-bond acceptors (Lipinski definition) is 5. The molecule has 1 amide bonds. The number of aromatic nitrogens is 3. The fourth-order valence-electron chi connectivity index (χ4n) is 3.94. The molecule has 0 saturated carbocycles. The molecule has 0 aliphatic heterocycles. The minimum Gasteiger partial charge on any atom is -0.494 e. The van der Waals surface area contributed by atoms with Gasteiger partial charge in [-0.1, -0.05) is 50.5 Å². The Kier molecular flexibility index (Phi) is 9.41. The number of carbonyl (C=O) groups is 1. The fraction of sp³-hybridized carbons (Fsp3) is 0.226. The number of ether oxygens (including phenoxy) is 1. The molecule has 2 aromatic heterocycles. The summed E-state index contributed by atoms with van der Waals surface area (Å²) in [4.78, 5) is 16.9. The highest BCUT2D eigenvalue weighted by Gasteiger charge is 2.15. The van der Waals surface area contributed by atoms with E-state index in [1.807, 2.05) is 72.9 Å². The van der Waals surface area contributed by atoms with Crippen LogP contribution in [0.2, 0.25) is 0 Å². The molecule has 2 heterocycles. The van der Waals surface area contributed by atoms with Crippen molar-refractivity contribution in [2.45, 2.75) is 39.2 Å². The van der Waals surface area contributed by atoms with Crippen molar-refractivity contribution in [1.29, 1.82) is 5.26 Å². The topological polar surface area (TPSA) is 92.8 Å². The van der Waals surface area contributed by atoms with E-state index in [0.717, 1.165) is 35.4 Å². The SMILES string of the molecule is CCCCCCOc1ccc(-c2nn(-c3ccccc3)cc2/C=C(/C#N)C(=O)NCc2cccnc2)cc1. The Morgan fingerprint density at radius 2 is 1.87 bits per heavy atom. The van der Waals surface area contributed by atoms with E-state index >= 15 is 0 Å². The van der Waals surface area contributed by atoms with Crippen LogP contribution in [0.5, 0.6) is 5.75 Å². The number of benzene rings is 2. The molecule has 0 atom stereocenters. The fourth-order valence-corrected chi connectivity index (χ4v) is 3.94. The molecule has 0 bridgehead atoms. The van der Waals surface area contributed by atoms with Crippen LogP contribution in [0.4, 0.5) is 0 Å². The third kappa shape index (κ3) is 7.17. The standard InChI is InChI=1S/C31H31N5O2/c1-2-3-4-8-18-38-29-15-13-25(14-16-29)30-27(23-36(35-30)28-11-6-5-7-12-28)19-26(20-32)31(37)34-22-24-10-9-17-33-21-24/h5-7,9-17,19,21,23H,2-4,8,18,22H2,1H3,(H,34,37)/b26-19-. The Morgan fingerprint density at radius 1 is 1.05 bits per heavy atom. The summed E-state index contributed by atoms with van der Waals surface area (Å²) < 4.78 is 7.64. The Bertz CT molecular complexity index is 1390. The monoisotopic (exact) mass is 505 g/mol. The van der Waals surface area contributed by atoms with Gasteiger partial charge in [-0.05, 0) is 60.5 Å². The van der Waals surface area contributed by atoms with Crippen molar-refractivity contribution in [3.63, 3.8) is 0 Å². The summed E-state index contributed by atoms with van der Waals surface area (Å²) in [7, 11) is 0. The number of pyridine rings is 1. The van der Waals surface area contributed by atoms with E-state index in [9.17, 15) is 10.1 Å². The second-order valence-corrected chi connectivity index (χ2v) is 8.86. The first-order valence-corrected chi connectivity index (χ1v) is 12.8. The van der Waals surface area contributed by atoms with Crippen molar-refractivity contribution in [2.75, 3.05) is 6.61 Å². The summed E-state index contributed by atoms with van der Waals surface area (Å²) in [6, 6.07) is 23.2. The molecule has 0 unspecified atom stereocenters. The highest BCUT2D eigenvalue weighted by Crippen LogP contribution is 2.27. The molecule has 192 valence electrons. The van der Waals surface area contributed by atoms with Crippen LogP contribution in [0.3, 0.4) is 0 Å². The Morgan fingerprint density at radius 3 is 2.58 bits per heavy atom. The second kappa shape index (κ2) is 13.6. The maximum atomic E-state index is 12.8. The number of rotatable bonds is 12. The van der Waals surface area contributed by atoms with E-state index in [2.05, 4.69) is 17.2 Å². The quantitative estimate of drug-likeness (QED) is 0.142. The molecule has 0 spiro atoms. The summed E-state index contributed by atoms with van der Waals surface area (Å²) in [5.41, 5.74) is 3.90. The molecule has 0 aliphatic rings. The average molecular weight is 506 g/mol. The Balaban J connectivity index is 1.58. The van der Waals surface area contributed by atoms with Crippen LogP contribution in [-0.4, -0.2) is 27.3 Å². The van der Waals surface area contributed by atoms with Gasteiger partial charge in [-0.3, -0.25) is 9.78 Å². The third-order valence-electron chi connectivity index (χ3n) is 6.00. The van der Waals surface area contributed by atoms with Crippen LogP contribution < -0.4 is 10.1 Å². The minimum atomic E-state index is -0.457. The summed E-state index contributed by atoms with van der Waals surface area (Å²) in [6.07, 6.45) is 11.4. The molecule has 0 aliphatic carbocycles. The van der Waals surface area contributed by atoms with Gasteiger partial charge in [0.25, 0.3) is 5.91 Å². The summed E-state index contributed by atoms with van der Waals surface area (Å²) in [5.74, 6) is 0.346. The molecule has 2 aromatic carbocycles. The molecular weight excluding hydrogens is 474 g/mol. The van der Waals surface area contributed by atoms with Crippen LogP contribution in [0.1, 0.15) is 43.7 Å². The summed E-state index contributed by atoms with van der Waals surface area (Å²) in [5, 5.41) is 17.4. The van der Waals surface area contributed by atoms with E-state index in [-0.39, 0.29) is 12.1 Å². The number of nitrogens with one attached hydrogen (secondary N) is 1. The molecule has 4 aromatic rings. The van der Waals surface area contributed by atoms with Crippen LogP contribution in [0.25, 0.3) is 23.0 Å². The van der Waals surface area contributed by atoms with Gasteiger partial charge in [-0.2, -0.15) is 10.4 Å². The van der Waals surface area contributed by atoms with Gasteiger partial charge in [-0.15, -0.1) is 0 Å². The molecule has 38 heavy (non-hydrogen) atoms. The highest BCUT2D eigenvalue weighted by molar-refractivity contribution is 6.02. The molecule has 1 N–H and O–H groups in total. The zero-order valence-corrected chi connectivity index (χ0v) is 21.5. The number of nitriles is 1. The average Bonchev–Trinajstić information content (AvgIpc) is 3.40. The maximum Gasteiger partial charge on any atom is 0.262 e. The van der Waals surface area contributed by atoms with Gasteiger partial charge in [0.1, 0.15) is 17.4 Å². The lowest BCUT2D eigenvalue weighted by molar-refractivity contribution is -0.117. The van der Waals surface area contributed by atoms with Gasteiger partial charge in [0, 0.05) is 36.3 Å². The second-order valence-electron chi connectivity index (χ2n) is 8.86. The summed E-state index contributed by atoms with van der Waals surface area (Å²) >= 11 is 0. The van der Waals surface area contributed by atoms with E-state index in [1.54, 1.807) is 29.2 Å². The van der Waals surface area contributed by atoms with Crippen molar-refractivity contribution >= 4 is 12.0 Å². The number of hydrogen-bond donors (Lipinski definition) is 1. The van der Waals surface area contributed by atoms with Crippen LogP contribution in [0, 0.1) is 11.3 Å². The van der Waals surface area contributed by atoms with Crippen molar-refractivity contribution in [3.8, 4) is 28.8 Å². The molecule has 0 fully saturated rings. The van der Waals surface area contributed by atoms with E-state index in [4.69, 9.17) is 9.84 Å². The third-order valence-corrected chi connectivity index (χ3v) is 6.00. The number of carbonyl (C=O) groups excluding carboxylic acids is 1. The first-order chi connectivity index (χ1) is 18.7. The van der Waals surface area contributed by atoms with Gasteiger partial charge >= 0.3 is 0 Å². The normalized spacial score (nSPS) is 11.1. The summed E-state index contributed by atoms with van der Waals surface area (Å²) in [6.45, 7) is 3.16. The lowest BCUT2D eigenvalue weighted by atomic mass is 10.1. The van der Waals surface area contributed by atoms with Gasteiger partial charge in [-0.25, -0.2) is 4.68 Å². The lowest BCUT2D eigenvalue weighted by Gasteiger charge is -2.07. The molecule has 0 radical (unpaired) electrons. The molecule has 0 saturated heterocycles. The zero-order valence-electron chi connectivity index (χ0n) is 21.5. The van der Waals surface area contributed by atoms with Crippen molar-refractivity contribution in [3.05, 3.63) is 102 Å². The van der Waals surface area contributed by atoms with E-state index < -0.39 is 5.91 Å². The highest BCUT2D eigenvalue weighted by atomic mass is 16.5. The smallest absolute Gasteiger partial charge is 0.262 e. The predicted octanol–water partition coefficient (Wildman–Crippen LogP) is 6.12. The van der Waals surface area contributed by atoms with Crippen LogP contribution in [0.15, 0.2) is 90.9 Å². The Labute approximate surface area is 223 Å². The molecule has 7 nitrogen and oxygen atoms in total. The zero-order chi connectivity index (χ0) is 26.6. The van der Waals surface area contributed by atoms with E-state index in [1.165, 1.54) is 12.8 Å². The number of unbranched alkanes of at least 4 members (excludes halogenated alkanes) is 3. The van der Waals surface area contributed by atoms with Gasteiger partial charge in [0.2, 0.25) is 0 Å². The van der Waals surface area contributed by atoms with Gasteiger partial charge in [0.15, 0.2) is 0 Å². The van der Waals surface area contributed by atoms with Crippen LogP contribution in [-0.2, 0) is 11.3 Å².